The lowest BCUT2D eigenvalue weighted by molar-refractivity contribution is -0.116. The molecule has 0 aliphatic carbocycles. The summed E-state index contributed by atoms with van der Waals surface area (Å²) in [7, 11) is 1.33. The number of aryl methyl sites for hydroxylation is 1. The fraction of sp³-hybridized carbons (Fsp3) is 0.333. The number of hydrogen-bond donors (Lipinski definition) is 2. The zero-order chi connectivity index (χ0) is 12.8. The lowest BCUT2D eigenvalue weighted by Gasteiger charge is -2.08. The Kier molecular flexibility index (Phi) is 7.00. The fourth-order valence-electron chi connectivity index (χ4n) is 1.43. The molecule has 1 aromatic rings. The number of carbonyl (C=O) groups is 2. The van der Waals surface area contributed by atoms with Gasteiger partial charge in [-0.15, -0.1) is 12.4 Å². The van der Waals surface area contributed by atoms with Gasteiger partial charge in [-0.25, -0.2) is 4.79 Å². The van der Waals surface area contributed by atoms with Crippen LogP contribution in [-0.4, -0.2) is 25.5 Å². The molecule has 0 atom stereocenters. The minimum absolute atomic E-state index is 0. The van der Waals surface area contributed by atoms with Crippen LogP contribution in [0.4, 0.5) is 5.69 Å². The fourth-order valence-corrected chi connectivity index (χ4v) is 1.43. The van der Waals surface area contributed by atoms with Gasteiger partial charge < -0.3 is 15.8 Å². The summed E-state index contributed by atoms with van der Waals surface area (Å²) in [5, 5.41) is 2.70. The number of ether oxygens (including phenoxy) is 1. The van der Waals surface area contributed by atoms with Crippen LogP contribution in [0.2, 0.25) is 0 Å². The van der Waals surface area contributed by atoms with Gasteiger partial charge in [-0.2, -0.15) is 0 Å². The Morgan fingerprint density at radius 2 is 2.06 bits per heavy atom. The molecule has 0 unspecified atom stereocenters. The Morgan fingerprint density at radius 1 is 1.39 bits per heavy atom. The summed E-state index contributed by atoms with van der Waals surface area (Å²) in [5.41, 5.74) is 7.16. The van der Waals surface area contributed by atoms with Gasteiger partial charge in [0, 0.05) is 18.7 Å². The van der Waals surface area contributed by atoms with Crippen molar-refractivity contribution < 1.29 is 14.3 Å². The van der Waals surface area contributed by atoms with Crippen LogP contribution in [0.1, 0.15) is 22.3 Å². The molecule has 3 N–H and O–H groups in total. The molecule has 5 nitrogen and oxygen atoms in total. The minimum atomic E-state index is -0.387. The molecule has 0 bridgehead atoms. The molecule has 0 radical (unpaired) electrons. The van der Waals surface area contributed by atoms with Crippen molar-refractivity contribution in [3.05, 3.63) is 29.3 Å². The quantitative estimate of drug-likeness (QED) is 0.814. The first-order valence-electron chi connectivity index (χ1n) is 5.27. The van der Waals surface area contributed by atoms with E-state index in [4.69, 9.17) is 5.73 Å². The Bertz CT molecular complexity index is 435. The Morgan fingerprint density at radius 3 is 2.56 bits per heavy atom. The summed E-state index contributed by atoms with van der Waals surface area (Å²) in [4.78, 5) is 22.7. The van der Waals surface area contributed by atoms with Gasteiger partial charge in [-0.05, 0) is 30.7 Å². The summed E-state index contributed by atoms with van der Waals surface area (Å²) in [6, 6.07) is 5.01. The topological polar surface area (TPSA) is 81.4 Å². The van der Waals surface area contributed by atoms with Crippen molar-refractivity contribution in [2.45, 2.75) is 13.3 Å². The van der Waals surface area contributed by atoms with Gasteiger partial charge in [0.15, 0.2) is 0 Å². The highest BCUT2D eigenvalue weighted by Crippen LogP contribution is 2.16. The van der Waals surface area contributed by atoms with Crippen LogP contribution in [0.3, 0.4) is 0 Å². The summed E-state index contributed by atoms with van der Waals surface area (Å²) in [6.45, 7) is 2.09. The summed E-state index contributed by atoms with van der Waals surface area (Å²) >= 11 is 0. The van der Waals surface area contributed by atoms with Crippen molar-refractivity contribution in [3.8, 4) is 0 Å². The van der Waals surface area contributed by atoms with Gasteiger partial charge in [0.25, 0.3) is 0 Å². The maximum atomic E-state index is 11.3. The number of hydrogen-bond acceptors (Lipinski definition) is 4. The van der Waals surface area contributed by atoms with E-state index in [2.05, 4.69) is 10.1 Å². The van der Waals surface area contributed by atoms with Gasteiger partial charge in [-0.3, -0.25) is 4.79 Å². The highest BCUT2D eigenvalue weighted by atomic mass is 35.5. The summed E-state index contributed by atoms with van der Waals surface area (Å²) < 4.78 is 4.63. The molecular formula is C12H17ClN2O3. The number of nitrogens with two attached hydrogens (primary N) is 1. The Labute approximate surface area is 112 Å². The van der Waals surface area contributed by atoms with E-state index in [-0.39, 0.29) is 30.7 Å². The number of carbonyl (C=O) groups excluding carboxylic acids is 2. The molecule has 0 heterocycles. The molecule has 100 valence electrons. The third-order valence-corrected chi connectivity index (χ3v) is 2.29. The third-order valence-electron chi connectivity index (χ3n) is 2.29. The predicted molar refractivity (Wildman–Crippen MR) is 72.1 cm³/mol. The lowest BCUT2D eigenvalue weighted by Crippen LogP contribution is -2.16. The van der Waals surface area contributed by atoms with E-state index in [0.29, 0.717) is 17.8 Å². The second kappa shape index (κ2) is 7.68. The van der Waals surface area contributed by atoms with Crippen molar-refractivity contribution in [1.82, 2.24) is 0 Å². The first-order valence-corrected chi connectivity index (χ1v) is 5.27. The van der Waals surface area contributed by atoms with Crippen molar-refractivity contribution >= 4 is 30.0 Å². The summed E-state index contributed by atoms with van der Waals surface area (Å²) in [5.74, 6) is -0.528. The van der Waals surface area contributed by atoms with Crippen molar-refractivity contribution in [2.75, 3.05) is 19.0 Å². The molecule has 0 aliphatic rings. The monoisotopic (exact) mass is 272 g/mol. The van der Waals surface area contributed by atoms with Crippen molar-refractivity contribution in [2.24, 2.45) is 5.73 Å². The molecular weight excluding hydrogens is 256 g/mol. The lowest BCUT2D eigenvalue weighted by atomic mass is 10.1. The number of anilines is 1. The van der Waals surface area contributed by atoms with Crippen LogP contribution in [0.5, 0.6) is 0 Å². The molecule has 18 heavy (non-hydrogen) atoms. The first-order chi connectivity index (χ1) is 8.08. The number of methoxy groups -OCH3 is 1. The number of rotatable bonds is 4. The zero-order valence-electron chi connectivity index (χ0n) is 10.4. The maximum Gasteiger partial charge on any atom is 0.338 e. The van der Waals surface area contributed by atoms with Gasteiger partial charge in [0.2, 0.25) is 5.91 Å². The van der Waals surface area contributed by atoms with E-state index in [9.17, 15) is 9.59 Å². The van der Waals surface area contributed by atoms with Crippen molar-refractivity contribution in [1.29, 1.82) is 0 Å². The van der Waals surface area contributed by atoms with Crippen LogP contribution >= 0.6 is 12.4 Å². The average molecular weight is 273 g/mol. The standard InChI is InChI=1S/C12H16N2O3.ClH/c1-8-7-9(14-11(15)5-6-13)3-4-10(8)12(16)17-2;/h3-4,7H,5-6,13H2,1-2H3,(H,14,15);1H. The third kappa shape index (κ3) is 4.35. The smallest absolute Gasteiger partial charge is 0.338 e. The van der Waals surface area contributed by atoms with Crippen LogP contribution < -0.4 is 11.1 Å². The van der Waals surface area contributed by atoms with E-state index < -0.39 is 0 Å². The van der Waals surface area contributed by atoms with E-state index in [0.717, 1.165) is 5.56 Å². The van der Waals surface area contributed by atoms with Gasteiger partial charge in [-0.1, -0.05) is 0 Å². The van der Waals surface area contributed by atoms with Gasteiger partial charge in [0.1, 0.15) is 0 Å². The molecule has 0 aliphatic heterocycles. The highest BCUT2D eigenvalue weighted by molar-refractivity contribution is 5.94. The molecule has 0 spiro atoms. The number of esters is 1. The number of nitrogens with one attached hydrogen (secondary N) is 1. The SMILES string of the molecule is COC(=O)c1ccc(NC(=O)CCN)cc1C.Cl. The molecule has 1 aromatic carbocycles. The van der Waals surface area contributed by atoms with E-state index >= 15 is 0 Å². The molecule has 1 amide bonds. The van der Waals surface area contributed by atoms with Crippen LogP contribution in [0.25, 0.3) is 0 Å². The summed E-state index contributed by atoms with van der Waals surface area (Å²) in [6.07, 6.45) is 0.276. The molecule has 1 rings (SSSR count). The van der Waals surface area contributed by atoms with Crippen LogP contribution in [-0.2, 0) is 9.53 Å². The average Bonchev–Trinajstić information content (AvgIpc) is 2.28. The first kappa shape index (κ1) is 16.4. The Hall–Kier alpha value is -1.59. The second-order valence-corrected chi connectivity index (χ2v) is 3.61. The van der Waals surface area contributed by atoms with Crippen LogP contribution in [0, 0.1) is 6.92 Å². The largest absolute Gasteiger partial charge is 0.465 e. The number of halogens is 1. The minimum Gasteiger partial charge on any atom is -0.465 e. The number of benzene rings is 1. The molecule has 0 saturated carbocycles. The number of amides is 1. The Balaban J connectivity index is 0.00000289. The molecule has 6 heteroatoms. The highest BCUT2D eigenvalue weighted by Gasteiger charge is 2.10. The van der Waals surface area contributed by atoms with E-state index in [1.165, 1.54) is 7.11 Å². The second-order valence-electron chi connectivity index (χ2n) is 3.61. The molecule has 0 saturated heterocycles. The van der Waals surface area contributed by atoms with Gasteiger partial charge >= 0.3 is 5.97 Å². The molecule has 0 aromatic heterocycles. The predicted octanol–water partition coefficient (Wildman–Crippen LogP) is 1.49. The van der Waals surface area contributed by atoms with Gasteiger partial charge in [0.05, 0.1) is 12.7 Å². The molecule has 0 fully saturated rings. The van der Waals surface area contributed by atoms with E-state index in [1.807, 2.05) is 0 Å². The zero-order valence-corrected chi connectivity index (χ0v) is 11.2. The normalized spacial score (nSPS) is 9.28. The van der Waals surface area contributed by atoms with Crippen molar-refractivity contribution in [3.63, 3.8) is 0 Å². The van der Waals surface area contributed by atoms with Crippen LogP contribution in [0.15, 0.2) is 18.2 Å². The maximum absolute atomic E-state index is 11.3. The van der Waals surface area contributed by atoms with E-state index in [1.54, 1.807) is 25.1 Å².